The third-order valence-corrected chi connectivity index (χ3v) is 2.70. The molecule has 19 heavy (non-hydrogen) atoms. The Kier molecular flexibility index (Phi) is 5.94. The van der Waals surface area contributed by atoms with Crippen LogP contribution in [0, 0.1) is 6.92 Å². The fourth-order valence-electron chi connectivity index (χ4n) is 1.52. The molecule has 1 heterocycles. The number of anilines is 2. The number of hydrogen-bond donors (Lipinski definition) is 5. The summed E-state index contributed by atoms with van der Waals surface area (Å²) < 4.78 is 0. The Hall–Kier alpha value is -1.44. The predicted octanol–water partition coefficient (Wildman–Crippen LogP) is -0.265. The van der Waals surface area contributed by atoms with Crippen LogP contribution in [0.15, 0.2) is 6.07 Å². The molecule has 0 aliphatic heterocycles. The summed E-state index contributed by atoms with van der Waals surface area (Å²) in [4.78, 5) is 8.40. The smallest absolute Gasteiger partial charge is 0.132 e. The van der Waals surface area contributed by atoms with Crippen molar-refractivity contribution in [3.8, 4) is 0 Å². The van der Waals surface area contributed by atoms with Crippen LogP contribution in [0.25, 0.3) is 0 Å². The van der Waals surface area contributed by atoms with E-state index in [0.717, 1.165) is 13.0 Å². The maximum absolute atomic E-state index is 9.28. The second-order valence-electron chi connectivity index (χ2n) is 4.49. The Bertz CT molecular complexity index is 388. The van der Waals surface area contributed by atoms with E-state index in [-0.39, 0.29) is 0 Å². The topological polar surface area (TPSA) is 111 Å². The van der Waals surface area contributed by atoms with Crippen molar-refractivity contribution < 1.29 is 15.3 Å². The van der Waals surface area contributed by atoms with Crippen molar-refractivity contribution >= 4 is 11.6 Å². The normalized spacial score (nSPS) is 11.4. The lowest BCUT2D eigenvalue weighted by Crippen LogP contribution is -2.49. The molecule has 7 nitrogen and oxygen atoms in total. The summed E-state index contributed by atoms with van der Waals surface area (Å²) in [5.74, 6) is 1.68. The number of hydrogen-bond acceptors (Lipinski definition) is 7. The van der Waals surface area contributed by atoms with Crippen molar-refractivity contribution in [2.24, 2.45) is 0 Å². The number of rotatable bonds is 8. The van der Waals surface area contributed by atoms with Crippen LogP contribution in [-0.4, -0.2) is 57.2 Å². The van der Waals surface area contributed by atoms with Gasteiger partial charge in [0.05, 0.1) is 19.8 Å². The van der Waals surface area contributed by atoms with Crippen molar-refractivity contribution in [3.05, 3.63) is 11.9 Å². The van der Waals surface area contributed by atoms with E-state index in [4.69, 9.17) is 0 Å². The SMILES string of the molecule is CCCNc1cc(NC(CO)(CO)CO)nc(C)n1. The van der Waals surface area contributed by atoms with Crippen LogP contribution in [0.3, 0.4) is 0 Å². The van der Waals surface area contributed by atoms with Gasteiger partial charge in [-0.05, 0) is 13.3 Å². The van der Waals surface area contributed by atoms with Crippen molar-refractivity contribution in [2.45, 2.75) is 25.8 Å². The molecule has 0 bridgehead atoms. The Balaban J connectivity index is 2.90. The molecule has 0 aliphatic carbocycles. The van der Waals surface area contributed by atoms with Crippen LogP contribution >= 0.6 is 0 Å². The average molecular weight is 270 g/mol. The number of aliphatic hydroxyl groups is 3. The second-order valence-corrected chi connectivity index (χ2v) is 4.49. The molecule has 0 fully saturated rings. The minimum absolute atomic E-state index is 0.402. The third-order valence-electron chi connectivity index (χ3n) is 2.70. The molecule has 1 aromatic heterocycles. The van der Waals surface area contributed by atoms with Crippen LogP contribution in [0.1, 0.15) is 19.2 Å². The first-order valence-electron chi connectivity index (χ1n) is 6.29. The van der Waals surface area contributed by atoms with Crippen LogP contribution in [0.5, 0.6) is 0 Å². The highest BCUT2D eigenvalue weighted by molar-refractivity contribution is 5.49. The molecule has 0 amide bonds. The number of nitrogens with zero attached hydrogens (tertiary/aromatic N) is 2. The molecular weight excluding hydrogens is 248 g/mol. The van der Waals surface area contributed by atoms with Crippen molar-refractivity contribution in [3.63, 3.8) is 0 Å². The van der Waals surface area contributed by atoms with Crippen molar-refractivity contribution in [2.75, 3.05) is 37.0 Å². The third kappa shape index (κ3) is 4.30. The summed E-state index contributed by atoms with van der Waals surface area (Å²) in [5, 5.41) is 33.8. The van der Waals surface area contributed by atoms with Crippen LogP contribution < -0.4 is 10.6 Å². The number of aliphatic hydroxyl groups excluding tert-OH is 3. The van der Waals surface area contributed by atoms with E-state index in [9.17, 15) is 15.3 Å². The van der Waals surface area contributed by atoms with Crippen LogP contribution in [0.4, 0.5) is 11.6 Å². The van der Waals surface area contributed by atoms with E-state index < -0.39 is 25.4 Å². The number of aryl methyl sites for hydroxylation is 1. The zero-order chi connectivity index (χ0) is 14.3. The van der Waals surface area contributed by atoms with Gasteiger partial charge < -0.3 is 26.0 Å². The maximum atomic E-state index is 9.28. The van der Waals surface area contributed by atoms with E-state index in [0.29, 0.717) is 17.5 Å². The van der Waals surface area contributed by atoms with Crippen LogP contribution in [0.2, 0.25) is 0 Å². The zero-order valence-electron chi connectivity index (χ0n) is 11.3. The van der Waals surface area contributed by atoms with E-state index >= 15 is 0 Å². The molecule has 0 aliphatic rings. The number of nitrogens with one attached hydrogen (secondary N) is 2. The van der Waals surface area contributed by atoms with Gasteiger partial charge in [0, 0.05) is 12.6 Å². The summed E-state index contributed by atoms with van der Waals surface area (Å²) in [7, 11) is 0. The monoisotopic (exact) mass is 270 g/mol. The lowest BCUT2D eigenvalue weighted by Gasteiger charge is -2.29. The molecule has 0 radical (unpaired) electrons. The van der Waals surface area contributed by atoms with E-state index in [2.05, 4.69) is 27.5 Å². The summed E-state index contributed by atoms with van der Waals surface area (Å²) in [6.45, 7) is 3.39. The molecule has 7 heteroatoms. The van der Waals surface area contributed by atoms with Crippen molar-refractivity contribution in [1.82, 2.24) is 9.97 Å². The Labute approximate surface area is 112 Å². The first-order chi connectivity index (χ1) is 9.09. The largest absolute Gasteiger partial charge is 0.394 e. The first kappa shape index (κ1) is 15.6. The number of aromatic nitrogens is 2. The molecule has 0 unspecified atom stereocenters. The Morgan fingerprint density at radius 1 is 1.11 bits per heavy atom. The summed E-state index contributed by atoms with van der Waals surface area (Å²) >= 11 is 0. The lowest BCUT2D eigenvalue weighted by atomic mass is 10.0. The van der Waals surface area contributed by atoms with Gasteiger partial charge in [-0.1, -0.05) is 6.92 Å². The lowest BCUT2D eigenvalue weighted by molar-refractivity contribution is 0.0831. The van der Waals surface area contributed by atoms with Gasteiger partial charge >= 0.3 is 0 Å². The molecule has 1 aromatic rings. The zero-order valence-corrected chi connectivity index (χ0v) is 11.3. The molecule has 0 aromatic carbocycles. The summed E-state index contributed by atoms with van der Waals surface area (Å²) in [6, 6.07) is 1.68. The Morgan fingerprint density at radius 2 is 1.68 bits per heavy atom. The van der Waals surface area contributed by atoms with E-state index in [1.807, 2.05) is 0 Å². The standard InChI is InChI=1S/C12H22N4O3/c1-3-4-13-10-5-11(15-9(2)14-10)16-12(6-17,7-18)8-19/h5,17-19H,3-4,6-8H2,1-2H3,(H2,13,14,15,16). The summed E-state index contributed by atoms with van der Waals surface area (Å²) in [5.41, 5.74) is -1.19. The van der Waals surface area contributed by atoms with Gasteiger partial charge in [0.15, 0.2) is 0 Å². The molecule has 108 valence electrons. The van der Waals surface area contributed by atoms with Gasteiger partial charge in [-0.25, -0.2) is 9.97 Å². The molecule has 0 spiro atoms. The highest BCUT2D eigenvalue weighted by Gasteiger charge is 2.28. The molecular formula is C12H22N4O3. The van der Waals surface area contributed by atoms with Crippen LogP contribution in [-0.2, 0) is 0 Å². The molecule has 1 rings (SSSR count). The summed E-state index contributed by atoms with van der Waals surface area (Å²) in [6.07, 6.45) is 0.972. The molecule has 5 N–H and O–H groups in total. The van der Waals surface area contributed by atoms with Gasteiger partial charge in [0.2, 0.25) is 0 Å². The first-order valence-corrected chi connectivity index (χ1v) is 6.29. The molecule has 0 saturated carbocycles. The van der Waals surface area contributed by atoms with Gasteiger partial charge in [-0.2, -0.15) is 0 Å². The van der Waals surface area contributed by atoms with Gasteiger partial charge in [-0.3, -0.25) is 0 Å². The maximum Gasteiger partial charge on any atom is 0.132 e. The minimum atomic E-state index is -1.19. The minimum Gasteiger partial charge on any atom is -0.394 e. The van der Waals surface area contributed by atoms with Gasteiger partial charge in [0.25, 0.3) is 0 Å². The second kappa shape index (κ2) is 7.22. The van der Waals surface area contributed by atoms with E-state index in [1.54, 1.807) is 13.0 Å². The highest BCUT2D eigenvalue weighted by atomic mass is 16.3. The van der Waals surface area contributed by atoms with E-state index in [1.165, 1.54) is 0 Å². The average Bonchev–Trinajstić information content (AvgIpc) is 2.42. The quantitative estimate of drug-likeness (QED) is 0.442. The molecule has 0 atom stereocenters. The van der Waals surface area contributed by atoms with Gasteiger partial charge in [0.1, 0.15) is 23.0 Å². The predicted molar refractivity (Wildman–Crippen MR) is 73.2 cm³/mol. The fraction of sp³-hybridized carbons (Fsp3) is 0.667. The fourth-order valence-corrected chi connectivity index (χ4v) is 1.52. The Morgan fingerprint density at radius 3 is 2.21 bits per heavy atom. The van der Waals surface area contributed by atoms with Gasteiger partial charge in [-0.15, -0.1) is 0 Å². The van der Waals surface area contributed by atoms with Crippen molar-refractivity contribution in [1.29, 1.82) is 0 Å². The molecule has 0 saturated heterocycles. The highest BCUT2D eigenvalue weighted by Crippen LogP contribution is 2.16.